The molecule has 0 aliphatic rings. The van der Waals surface area contributed by atoms with Crippen LogP contribution in [0.4, 0.5) is 4.39 Å². The maximum absolute atomic E-state index is 13.3. The molecule has 0 aliphatic carbocycles. The van der Waals surface area contributed by atoms with Gasteiger partial charge in [0, 0.05) is 18.3 Å². The van der Waals surface area contributed by atoms with Gasteiger partial charge in [-0.3, -0.25) is 4.98 Å². The molecule has 0 spiro atoms. The summed E-state index contributed by atoms with van der Waals surface area (Å²) in [6, 6.07) is 8.54. The Morgan fingerprint density at radius 3 is 2.72 bits per heavy atom. The highest BCUT2D eigenvalue weighted by molar-refractivity contribution is 6.32. The second-order valence-electron chi connectivity index (χ2n) is 4.14. The van der Waals surface area contributed by atoms with Crippen LogP contribution < -0.4 is 0 Å². The summed E-state index contributed by atoms with van der Waals surface area (Å²) in [7, 11) is 0. The maximum atomic E-state index is 13.3. The van der Waals surface area contributed by atoms with Crippen molar-refractivity contribution in [3.05, 3.63) is 64.2 Å². The van der Waals surface area contributed by atoms with E-state index in [-0.39, 0.29) is 10.4 Å². The van der Waals surface area contributed by atoms with Crippen molar-refractivity contribution in [2.75, 3.05) is 0 Å². The third-order valence-corrected chi connectivity index (χ3v) is 3.47. The van der Waals surface area contributed by atoms with Gasteiger partial charge in [0.2, 0.25) is 0 Å². The van der Waals surface area contributed by atoms with Gasteiger partial charge in [0.25, 0.3) is 0 Å². The molecular formula is C14H12Cl2FN. The average Bonchev–Trinajstić information content (AvgIpc) is 2.35. The Labute approximate surface area is 116 Å². The minimum atomic E-state index is -0.448. The van der Waals surface area contributed by atoms with Gasteiger partial charge < -0.3 is 0 Å². The summed E-state index contributed by atoms with van der Waals surface area (Å²) >= 11 is 12.2. The number of alkyl halides is 1. The van der Waals surface area contributed by atoms with Crippen LogP contribution in [-0.4, -0.2) is 4.98 Å². The van der Waals surface area contributed by atoms with Crippen LogP contribution in [0, 0.1) is 12.7 Å². The van der Waals surface area contributed by atoms with Crippen molar-refractivity contribution < 1.29 is 4.39 Å². The highest BCUT2D eigenvalue weighted by Crippen LogP contribution is 2.31. The zero-order valence-corrected chi connectivity index (χ0v) is 11.3. The Bertz CT molecular complexity index is 540. The van der Waals surface area contributed by atoms with E-state index in [1.807, 2.05) is 19.1 Å². The molecule has 4 heteroatoms. The smallest absolute Gasteiger partial charge is 0.142 e. The number of aryl methyl sites for hydroxylation is 1. The van der Waals surface area contributed by atoms with Crippen molar-refractivity contribution >= 4 is 23.2 Å². The molecule has 1 nitrogen and oxygen atoms in total. The van der Waals surface area contributed by atoms with Crippen LogP contribution in [0.3, 0.4) is 0 Å². The lowest BCUT2D eigenvalue weighted by Gasteiger charge is -2.11. The first-order valence-electron chi connectivity index (χ1n) is 5.57. The van der Waals surface area contributed by atoms with Gasteiger partial charge in [-0.25, -0.2) is 4.39 Å². The normalized spacial score (nSPS) is 12.4. The molecule has 1 heterocycles. The summed E-state index contributed by atoms with van der Waals surface area (Å²) in [5.74, 6) is -0.448. The summed E-state index contributed by atoms with van der Waals surface area (Å²) in [5.41, 5.74) is 2.55. The molecule has 0 N–H and O–H groups in total. The van der Waals surface area contributed by atoms with Gasteiger partial charge >= 0.3 is 0 Å². The molecule has 1 aromatic carbocycles. The fourth-order valence-electron chi connectivity index (χ4n) is 1.68. The zero-order chi connectivity index (χ0) is 13.1. The van der Waals surface area contributed by atoms with E-state index < -0.39 is 5.82 Å². The van der Waals surface area contributed by atoms with Gasteiger partial charge in [0.1, 0.15) is 5.82 Å². The van der Waals surface area contributed by atoms with Crippen LogP contribution in [0.25, 0.3) is 0 Å². The van der Waals surface area contributed by atoms with E-state index >= 15 is 0 Å². The summed E-state index contributed by atoms with van der Waals surface area (Å²) in [6.07, 6.45) is 2.30. The first-order chi connectivity index (χ1) is 8.58. The molecule has 2 rings (SSSR count). The Kier molecular flexibility index (Phi) is 4.20. The molecule has 94 valence electrons. The molecule has 0 amide bonds. The number of hydrogen-bond acceptors (Lipinski definition) is 1. The third-order valence-electron chi connectivity index (χ3n) is 2.68. The molecule has 0 bridgehead atoms. The van der Waals surface area contributed by atoms with Gasteiger partial charge in [0.15, 0.2) is 0 Å². The van der Waals surface area contributed by atoms with Crippen molar-refractivity contribution in [2.24, 2.45) is 0 Å². The minimum Gasteiger partial charge on any atom is -0.261 e. The lowest BCUT2D eigenvalue weighted by molar-refractivity contribution is 0.625. The molecule has 1 atom stereocenters. The van der Waals surface area contributed by atoms with Crippen molar-refractivity contribution in [1.29, 1.82) is 0 Å². The monoisotopic (exact) mass is 283 g/mol. The predicted molar refractivity (Wildman–Crippen MR) is 72.7 cm³/mol. The van der Waals surface area contributed by atoms with Crippen LogP contribution in [0.2, 0.25) is 5.02 Å². The standard InChI is InChI=1S/C14H12Cl2FN/c1-9-5-6-10(18-8-9)7-12(15)11-3-2-4-13(17)14(11)16/h2-6,8,12H,7H2,1H3. The molecule has 0 saturated carbocycles. The largest absolute Gasteiger partial charge is 0.261 e. The molecule has 18 heavy (non-hydrogen) atoms. The predicted octanol–water partition coefficient (Wildman–Crippen LogP) is 4.71. The van der Waals surface area contributed by atoms with Gasteiger partial charge in [-0.1, -0.05) is 29.8 Å². The van der Waals surface area contributed by atoms with Crippen LogP contribution in [0.5, 0.6) is 0 Å². The Morgan fingerprint density at radius 2 is 2.06 bits per heavy atom. The number of nitrogens with zero attached hydrogens (tertiary/aromatic N) is 1. The number of benzene rings is 1. The van der Waals surface area contributed by atoms with Gasteiger partial charge in [-0.05, 0) is 30.2 Å². The first kappa shape index (κ1) is 13.3. The SMILES string of the molecule is Cc1ccc(CC(Cl)c2cccc(F)c2Cl)nc1. The van der Waals surface area contributed by atoms with E-state index in [2.05, 4.69) is 4.98 Å². The van der Waals surface area contributed by atoms with Gasteiger partial charge in [-0.15, -0.1) is 11.6 Å². The number of aromatic nitrogens is 1. The second-order valence-corrected chi connectivity index (χ2v) is 5.05. The van der Waals surface area contributed by atoms with E-state index in [4.69, 9.17) is 23.2 Å². The Balaban J connectivity index is 2.19. The molecule has 0 radical (unpaired) electrons. The second kappa shape index (κ2) is 5.68. The van der Waals surface area contributed by atoms with E-state index in [1.165, 1.54) is 6.07 Å². The lowest BCUT2D eigenvalue weighted by atomic mass is 10.1. The Hall–Kier alpha value is -1.12. The van der Waals surface area contributed by atoms with E-state index in [9.17, 15) is 4.39 Å². The van der Waals surface area contributed by atoms with Crippen LogP contribution in [-0.2, 0) is 6.42 Å². The van der Waals surface area contributed by atoms with Gasteiger partial charge in [-0.2, -0.15) is 0 Å². The van der Waals surface area contributed by atoms with Crippen LogP contribution >= 0.6 is 23.2 Å². The zero-order valence-electron chi connectivity index (χ0n) is 9.83. The minimum absolute atomic E-state index is 0.0876. The summed E-state index contributed by atoms with van der Waals surface area (Å²) < 4.78 is 13.3. The average molecular weight is 284 g/mol. The number of pyridine rings is 1. The Morgan fingerprint density at radius 1 is 1.28 bits per heavy atom. The van der Waals surface area contributed by atoms with Crippen molar-refractivity contribution in [2.45, 2.75) is 18.7 Å². The summed E-state index contributed by atoms with van der Waals surface area (Å²) in [4.78, 5) is 4.27. The first-order valence-corrected chi connectivity index (χ1v) is 6.39. The lowest BCUT2D eigenvalue weighted by Crippen LogP contribution is -2.00. The topological polar surface area (TPSA) is 12.9 Å². The highest BCUT2D eigenvalue weighted by atomic mass is 35.5. The molecule has 1 unspecified atom stereocenters. The molecule has 0 saturated heterocycles. The van der Waals surface area contributed by atoms with E-state index in [1.54, 1.807) is 18.3 Å². The number of hydrogen-bond donors (Lipinski definition) is 0. The van der Waals surface area contributed by atoms with Crippen LogP contribution in [0.15, 0.2) is 36.5 Å². The summed E-state index contributed by atoms with van der Waals surface area (Å²) in [5, 5.41) is -0.298. The number of rotatable bonds is 3. The van der Waals surface area contributed by atoms with E-state index in [0.717, 1.165) is 11.3 Å². The highest BCUT2D eigenvalue weighted by Gasteiger charge is 2.15. The summed E-state index contributed by atoms with van der Waals surface area (Å²) in [6.45, 7) is 1.97. The fraction of sp³-hybridized carbons (Fsp3) is 0.214. The third kappa shape index (κ3) is 3.01. The maximum Gasteiger partial charge on any atom is 0.142 e. The molecule has 2 aromatic rings. The molecular weight excluding hydrogens is 272 g/mol. The fourth-order valence-corrected chi connectivity index (χ4v) is 2.33. The number of halogens is 3. The van der Waals surface area contributed by atoms with Crippen molar-refractivity contribution in [3.63, 3.8) is 0 Å². The van der Waals surface area contributed by atoms with Crippen molar-refractivity contribution in [1.82, 2.24) is 4.98 Å². The quantitative estimate of drug-likeness (QED) is 0.744. The molecule has 1 aromatic heterocycles. The van der Waals surface area contributed by atoms with Crippen LogP contribution in [0.1, 0.15) is 22.2 Å². The van der Waals surface area contributed by atoms with Crippen molar-refractivity contribution in [3.8, 4) is 0 Å². The molecule has 0 aliphatic heterocycles. The van der Waals surface area contributed by atoms with Gasteiger partial charge in [0.05, 0.1) is 10.4 Å². The molecule has 0 fully saturated rings. The van der Waals surface area contributed by atoms with E-state index in [0.29, 0.717) is 12.0 Å².